The monoisotopic (exact) mass is 374 g/mol. The lowest BCUT2D eigenvalue weighted by atomic mass is 9.45. The molecule has 27 heavy (non-hydrogen) atoms. The van der Waals surface area contributed by atoms with Gasteiger partial charge in [0.1, 0.15) is 0 Å². The molecule has 0 saturated heterocycles. The van der Waals surface area contributed by atoms with E-state index in [1.807, 2.05) is 0 Å². The van der Waals surface area contributed by atoms with Crippen LogP contribution in [0.1, 0.15) is 90.9 Å². The summed E-state index contributed by atoms with van der Waals surface area (Å²) < 4.78 is 0. The topological polar surface area (TPSA) is 58.6 Å². The van der Waals surface area contributed by atoms with Crippen LogP contribution in [0.5, 0.6) is 0 Å². The Hall–Kier alpha value is -0.410. The second-order valence-electron chi connectivity index (χ2n) is 10.8. The molecule has 0 aromatic carbocycles. The van der Waals surface area contributed by atoms with Crippen LogP contribution in [0.25, 0.3) is 0 Å². The second kappa shape index (κ2) is 7.78. The fraction of sp³-hybridized carbons (Fsp3) is 0.958. The zero-order valence-corrected chi connectivity index (χ0v) is 17.8. The molecule has 4 unspecified atom stereocenters. The molecule has 154 valence electrons. The number of unbranched alkanes of at least 4 members (excludes halogenated alkanes) is 2. The number of rotatable bonds is 5. The number of fused-ring (bicyclic) bond motifs is 5. The summed E-state index contributed by atoms with van der Waals surface area (Å²) >= 11 is 0. The van der Waals surface area contributed by atoms with Gasteiger partial charge in [0.15, 0.2) is 0 Å². The van der Waals surface area contributed by atoms with Gasteiger partial charge in [-0.2, -0.15) is 0 Å². The van der Waals surface area contributed by atoms with E-state index in [2.05, 4.69) is 13.8 Å². The van der Waals surface area contributed by atoms with Crippen molar-refractivity contribution in [3.63, 3.8) is 0 Å². The van der Waals surface area contributed by atoms with E-state index in [1.54, 1.807) is 0 Å². The molecule has 0 aromatic heterocycles. The van der Waals surface area contributed by atoms with Crippen LogP contribution in [-0.4, -0.2) is 30.0 Å². The summed E-state index contributed by atoms with van der Waals surface area (Å²) in [7, 11) is 0. The smallest absolute Gasteiger partial charge is 0.0596 e. The van der Waals surface area contributed by atoms with Gasteiger partial charge in [-0.05, 0) is 112 Å². The first-order valence-electron chi connectivity index (χ1n) is 11.9. The maximum Gasteiger partial charge on any atom is 0.0596 e. The van der Waals surface area contributed by atoms with Crippen LogP contribution in [-0.2, 0) is 0 Å². The third-order valence-corrected chi connectivity index (χ3v) is 9.65. The van der Waals surface area contributed by atoms with Gasteiger partial charge < -0.3 is 10.8 Å². The van der Waals surface area contributed by atoms with Crippen molar-refractivity contribution in [3.8, 4) is 0 Å². The highest BCUT2D eigenvalue weighted by atomic mass is 16.3. The zero-order valence-electron chi connectivity index (χ0n) is 17.8. The Kier molecular flexibility index (Phi) is 5.73. The maximum atomic E-state index is 10.6. The standard InChI is InChI=1S/C24H42N2O/c1-23-12-10-18(26-15-5-3-4-14-25)16-17(23)6-7-19-20-8-9-22(27)24(20,2)13-11-21(19)23/h17,19-22,27H,3-16,25H2,1-2H3/t17?,19?,20?,21?,22-,23+,24+/m1/s1. The van der Waals surface area contributed by atoms with Crippen molar-refractivity contribution in [1.82, 2.24) is 0 Å². The summed E-state index contributed by atoms with van der Waals surface area (Å²) in [5.74, 6) is 3.40. The minimum atomic E-state index is -0.0432. The molecule has 0 aromatic rings. The molecule has 3 N–H and O–H groups in total. The minimum Gasteiger partial charge on any atom is -0.393 e. The first-order chi connectivity index (χ1) is 13.0. The lowest BCUT2D eigenvalue weighted by Crippen LogP contribution is -2.54. The lowest BCUT2D eigenvalue weighted by Gasteiger charge is -2.60. The first-order valence-corrected chi connectivity index (χ1v) is 11.9. The van der Waals surface area contributed by atoms with Gasteiger partial charge in [0.2, 0.25) is 0 Å². The number of hydrogen-bond donors (Lipinski definition) is 2. The Morgan fingerprint density at radius 2 is 1.78 bits per heavy atom. The molecule has 4 aliphatic carbocycles. The minimum absolute atomic E-state index is 0.0432. The molecule has 7 atom stereocenters. The van der Waals surface area contributed by atoms with E-state index in [0.717, 1.165) is 49.6 Å². The van der Waals surface area contributed by atoms with Crippen molar-refractivity contribution < 1.29 is 5.11 Å². The van der Waals surface area contributed by atoms with Crippen LogP contribution in [0.2, 0.25) is 0 Å². The van der Waals surface area contributed by atoms with Crippen molar-refractivity contribution in [3.05, 3.63) is 0 Å². The van der Waals surface area contributed by atoms with E-state index in [9.17, 15) is 5.11 Å². The normalized spacial score (nSPS) is 48.1. The van der Waals surface area contributed by atoms with Gasteiger partial charge in [-0.25, -0.2) is 0 Å². The molecule has 0 amide bonds. The number of nitrogens with zero attached hydrogens (tertiary/aromatic N) is 1. The van der Waals surface area contributed by atoms with Crippen LogP contribution >= 0.6 is 0 Å². The van der Waals surface area contributed by atoms with Crippen molar-refractivity contribution >= 4 is 5.71 Å². The molecule has 4 fully saturated rings. The van der Waals surface area contributed by atoms with Gasteiger partial charge in [0.05, 0.1) is 6.10 Å². The van der Waals surface area contributed by atoms with Crippen LogP contribution in [0, 0.1) is 34.5 Å². The molecule has 0 aliphatic heterocycles. The summed E-state index contributed by atoms with van der Waals surface area (Å²) in [6.45, 7) is 6.86. The Bertz CT molecular complexity index is 561. The van der Waals surface area contributed by atoms with Gasteiger partial charge >= 0.3 is 0 Å². The van der Waals surface area contributed by atoms with E-state index in [4.69, 9.17) is 10.7 Å². The van der Waals surface area contributed by atoms with Gasteiger partial charge in [-0.15, -0.1) is 0 Å². The van der Waals surface area contributed by atoms with Gasteiger partial charge in [-0.1, -0.05) is 20.3 Å². The molecular formula is C24H42N2O. The highest BCUT2D eigenvalue weighted by molar-refractivity contribution is 5.85. The molecule has 3 heteroatoms. The van der Waals surface area contributed by atoms with Crippen molar-refractivity contribution in [2.75, 3.05) is 13.1 Å². The summed E-state index contributed by atoms with van der Waals surface area (Å²) in [6.07, 6.45) is 15.1. The van der Waals surface area contributed by atoms with Crippen molar-refractivity contribution in [2.24, 2.45) is 45.2 Å². The lowest BCUT2D eigenvalue weighted by molar-refractivity contribution is -0.112. The Morgan fingerprint density at radius 3 is 2.59 bits per heavy atom. The Balaban J connectivity index is 1.41. The third kappa shape index (κ3) is 3.41. The quantitative estimate of drug-likeness (QED) is 0.668. The highest BCUT2D eigenvalue weighted by Gasteiger charge is 2.59. The molecule has 4 aliphatic rings. The van der Waals surface area contributed by atoms with Crippen LogP contribution < -0.4 is 5.73 Å². The van der Waals surface area contributed by atoms with Gasteiger partial charge in [0, 0.05) is 12.3 Å². The average Bonchev–Trinajstić information content (AvgIpc) is 2.97. The molecule has 0 radical (unpaired) electrons. The molecule has 0 bridgehead atoms. The predicted octanol–water partition coefficient (Wildman–Crippen LogP) is 4.96. The molecule has 0 heterocycles. The summed E-state index contributed by atoms with van der Waals surface area (Å²) in [4.78, 5) is 5.00. The number of aliphatic hydroxyl groups excluding tert-OH is 1. The number of nitrogens with two attached hydrogens (primary N) is 1. The third-order valence-electron chi connectivity index (χ3n) is 9.65. The Morgan fingerprint density at radius 1 is 0.963 bits per heavy atom. The van der Waals surface area contributed by atoms with Crippen molar-refractivity contribution in [2.45, 2.75) is 97.0 Å². The average molecular weight is 375 g/mol. The van der Waals surface area contributed by atoms with E-state index in [1.165, 1.54) is 69.9 Å². The first kappa shape index (κ1) is 19.9. The zero-order chi connectivity index (χ0) is 19.1. The second-order valence-corrected chi connectivity index (χ2v) is 10.8. The summed E-state index contributed by atoms with van der Waals surface area (Å²) in [6, 6.07) is 0. The van der Waals surface area contributed by atoms with Gasteiger partial charge in [-0.3, -0.25) is 4.99 Å². The van der Waals surface area contributed by atoms with Gasteiger partial charge in [0.25, 0.3) is 0 Å². The van der Waals surface area contributed by atoms with Crippen LogP contribution in [0.3, 0.4) is 0 Å². The molecule has 4 saturated carbocycles. The summed E-state index contributed by atoms with van der Waals surface area (Å²) in [5.41, 5.74) is 7.85. The highest BCUT2D eigenvalue weighted by Crippen LogP contribution is 2.65. The number of hydrogen-bond acceptors (Lipinski definition) is 3. The number of aliphatic hydroxyl groups is 1. The van der Waals surface area contributed by atoms with Crippen molar-refractivity contribution in [1.29, 1.82) is 0 Å². The van der Waals surface area contributed by atoms with Crippen LogP contribution in [0.15, 0.2) is 4.99 Å². The SMILES string of the molecule is C[C@]12CCC(=NCCCCCN)CC1CCC1C2CC[C@@]2(C)C1CC[C@H]2O. The Labute approximate surface area is 166 Å². The van der Waals surface area contributed by atoms with E-state index in [0.29, 0.717) is 5.41 Å². The van der Waals surface area contributed by atoms with E-state index in [-0.39, 0.29) is 11.5 Å². The van der Waals surface area contributed by atoms with E-state index < -0.39 is 0 Å². The fourth-order valence-electron chi connectivity index (χ4n) is 7.85. The molecule has 0 spiro atoms. The molecule has 3 nitrogen and oxygen atoms in total. The molecular weight excluding hydrogens is 332 g/mol. The number of aliphatic imine (C=N–C) groups is 1. The fourth-order valence-corrected chi connectivity index (χ4v) is 7.85. The summed E-state index contributed by atoms with van der Waals surface area (Å²) in [5, 5.41) is 10.6. The van der Waals surface area contributed by atoms with E-state index >= 15 is 0 Å². The largest absolute Gasteiger partial charge is 0.393 e. The van der Waals surface area contributed by atoms with Crippen LogP contribution in [0.4, 0.5) is 0 Å². The molecule has 4 rings (SSSR count). The maximum absolute atomic E-state index is 10.6. The predicted molar refractivity (Wildman–Crippen MR) is 113 cm³/mol.